The third-order valence-corrected chi connectivity index (χ3v) is 4.62. The molecule has 0 atom stereocenters. The number of rotatable bonds is 3. The van der Waals surface area contributed by atoms with E-state index in [0.29, 0.717) is 22.1 Å². The highest BCUT2D eigenvalue weighted by atomic mass is 35.5. The van der Waals surface area contributed by atoms with Gasteiger partial charge in [-0.05, 0) is 36.4 Å². The first-order valence-corrected chi connectivity index (χ1v) is 8.15. The van der Waals surface area contributed by atoms with Crippen molar-refractivity contribution in [3.05, 3.63) is 47.5 Å². The molecule has 0 unspecified atom stereocenters. The Balaban J connectivity index is 1.89. The molecule has 8 heteroatoms. The Morgan fingerprint density at radius 1 is 1.14 bits per heavy atom. The molecule has 6 nitrogen and oxygen atoms in total. The van der Waals surface area contributed by atoms with Crippen molar-refractivity contribution in [2.45, 2.75) is 4.90 Å². The summed E-state index contributed by atoms with van der Waals surface area (Å²) in [6, 6.07) is 10.6. The van der Waals surface area contributed by atoms with Gasteiger partial charge in [-0.1, -0.05) is 11.6 Å². The fourth-order valence-electron chi connectivity index (χ4n) is 1.95. The maximum atomic E-state index is 12.3. The highest BCUT2D eigenvalue weighted by molar-refractivity contribution is 7.92. The van der Waals surface area contributed by atoms with Crippen LogP contribution in [-0.4, -0.2) is 20.9 Å². The lowest BCUT2D eigenvalue weighted by Gasteiger charge is -2.18. The molecule has 22 heavy (non-hydrogen) atoms. The van der Waals surface area contributed by atoms with Crippen LogP contribution in [0.1, 0.15) is 0 Å². The van der Waals surface area contributed by atoms with Crippen molar-refractivity contribution in [2.24, 2.45) is 0 Å². The molecule has 0 aromatic heterocycles. The lowest BCUT2D eigenvalue weighted by molar-refractivity contribution is -0.118. The summed E-state index contributed by atoms with van der Waals surface area (Å²) in [4.78, 5) is 11.2. The van der Waals surface area contributed by atoms with Crippen molar-refractivity contribution in [1.29, 1.82) is 0 Å². The minimum absolute atomic E-state index is 0.0392. The van der Waals surface area contributed by atoms with Crippen LogP contribution < -0.4 is 14.8 Å². The van der Waals surface area contributed by atoms with E-state index in [9.17, 15) is 13.2 Å². The lowest BCUT2D eigenvalue weighted by atomic mass is 10.2. The van der Waals surface area contributed by atoms with Gasteiger partial charge in [-0.25, -0.2) is 8.42 Å². The molecule has 114 valence electrons. The Kier molecular flexibility index (Phi) is 3.67. The molecule has 0 bridgehead atoms. The van der Waals surface area contributed by atoms with Crippen molar-refractivity contribution in [3.8, 4) is 5.75 Å². The topological polar surface area (TPSA) is 84.5 Å². The van der Waals surface area contributed by atoms with Crippen molar-refractivity contribution >= 4 is 38.9 Å². The van der Waals surface area contributed by atoms with Crippen LogP contribution in [0.5, 0.6) is 5.75 Å². The molecular weight excluding hydrogens is 328 g/mol. The number of ether oxygens (including phenoxy) is 1. The number of anilines is 2. The molecule has 2 N–H and O–H groups in total. The molecule has 1 heterocycles. The monoisotopic (exact) mass is 338 g/mol. The average molecular weight is 339 g/mol. The normalized spacial score (nSPS) is 13.8. The number of benzene rings is 2. The van der Waals surface area contributed by atoms with E-state index in [1.54, 1.807) is 24.3 Å². The number of hydrogen-bond donors (Lipinski definition) is 2. The summed E-state index contributed by atoms with van der Waals surface area (Å²) in [5.41, 5.74) is 0.845. The number of halogens is 1. The van der Waals surface area contributed by atoms with Gasteiger partial charge in [0.1, 0.15) is 5.75 Å². The summed E-state index contributed by atoms with van der Waals surface area (Å²) in [6.45, 7) is -0.138. The van der Waals surface area contributed by atoms with E-state index in [1.807, 2.05) is 0 Å². The molecule has 3 rings (SSSR count). The second-order valence-electron chi connectivity index (χ2n) is 4.61. The van der Waals surface area contributed by atoms with Crippen molar-refractivity contribution in [3.63, 3.8) is 0 Å². The number of amides is 1. The molecule has 1 aliphatic rings. The van der Waals surface area contributed by atoms with Crippen LogP contribution in [0, 0.1) is 0 Å². The van der Waals surface area contributed by atoms with Gasteiger partial charge in [0, 0.05) is 16.8 Å². The molecule has 0 fully saturated rings. The molecular formula is C14H11ClN2O4S. The minimum Gasteiger partial charge on any atom is -0.482 e. The van der Waals surface area contributed by atoms with Crippen LogP contribution in [-0.2, 0) is 14.8 Å². The molecule has 0 radical (unpaired) electrons. The SMILES string of the molecule is O=C1COc2cc(S(=O)(=O)Nc3ccc(Cl)cc3)ccc2N1. The summed E-state index contributed by atoms with van der Waals surface area (Å²) >= 11 is 5.76. The summed E-state index contributed by atoms with van der Waals surface area (Å²) < 4.78 is 32.4. The summed E-state index contributed by atoms with van der Waals surface area (Å²) in [6.07, 6.45) is 0. The molecule has 0 saturated carbocycles. The molecule has 1 aliphatic heterocycles. The smallest absolute Gasteiger partial charge is 0.262 e. The highest BCUT2D eigenvalue weighted by Crippen LogP contribution is 2.30. The van der Waals surface area contributed by atoms with Crippen LogP contribution >= 0.6 is 11.6 Å². The van der Waals surface area contributed by atoms with Crippen molar-refractivity contribution in [1.82, 2.24) is 0 Å². The van der Waals surface area contributed by atoms with Gasteiger partial charge in [0.25, 0.3) is 15.9 Å². The van der Waals surface area contributed by atoms with E-state index < -0.39 is 10.0 Å². The molecule has 0 saturated heterocycles. The predicted octanol–water partition coefficient (Wildman–Crippen LogP) is 2.47. The lowest BCUT2D eigenvalue weighted by Crippen LogP contribution is -2.25. The van der Waals surface area contributed by atoms with Crippen LogP contribution in [0.3, 0.4) is 0 Å². The Morgan fingerprint density at radius 3 is 2.59 bits per heavy atom. The van der Waals surface area contributed by atoms with E-state index in [-0.39, 0.29) is 17.4 Å². The largest absolute Gasteiger partial charge is 0.482 e. The maximum absolute atomic E-state index is 12.3. The Bertz CT molecular complexity index is 834. The van der Waals surface area contributed by atoms with Gasteiger partial charge >= 0.3 is 0 Å². The number of sulfonamides is 1. The van der Waals surface area contributed by atoms with E-state index in [4.69, 9.17) is 16.3 Å². The molecule has 0 aliphatic carbocycles. The van der Waals surface area contributed by atoms with Gasteiger partial charge in [-0.3, -0.25) is 9.52 Å². The third-order valence-electron chi connectivity index (χ3n) is 2.99. The summed E-state index contributed by atoms with van der Waals surface area (Å²) in [5.74, 6) is 0.0426. The van der Waals surface area contributed by atoms with Crippen LogP contribution in [0.4, 0.5) is 11.4 Å². The van der Waals surface area contributed by atoms with Gasteiger partial charge in [0.15, 0.2) is 6.61 Å². The molecule has 1 amide bonds. The van der Waals surface area contributed by atoms with Crippen molar-refractivity contribution in [2.75, 3.05) is 16.6 Å². The van der Waals surface area contributed by atoms with E-state index in [0.717, 1.165) is 0 Å². The van der Waals surface area contributed by atoms with Crippen LogP contribution in [0.25, 0.3) is 0 Å². The first kappa shape index (κ1) is 14.7. The van der Waals surface area contributed by atoms with Gasteiger partial charge in [-0.15, -0.1) is 0 Å². The number of nitrogens with one attached hydrogen (secondary N) is 2. The number of carbonyl (C=O) groups is 1. The standard InChI is InChI=1S/C14H11ClN2O4S/c15-9-1-3-10(4-2-9)17-22(19,20)11-5-6-12-13(7-11)21-8-14(18)16-12/h1-7,17H,8H2,(H,16,18). The number of fused-ring (bicyclic) bond motifs is 1. The Labute approximate surface area is 132 Å². The van der Waals surface area contributed by atoms with E-state index in [2.05, 4.69) is 10.0 Å². The predicted molar refractivity (Wildman–Crippen MR) is 82.8 cm³/mol. The van der Waals surface area contributed by atoms with Crippen LogP contribution in [0.2, 0.25) is 5.02 Å². The molecule has 2 aromatic carbocycles. The van der Waals surface area contributed by atoms with E-state index >= 15 is 0 Å². The van der Waals surface area contributed by atoms with Crippen LogP contribution in [0.15, 0.2) is 47.4 Å². The van der Waals surface area contributed by atoms with Gasteiger partial charge in [-0.2, -0.15) is 0 Å². The Hall–Kier alpha value is -2.25. The van der Waals surface area contributed by atoms with Crippen molar-refractivity contribution < 1.29 is 17.9 Å². The highest BCUT2D eigenvalue weighted by Gasteiger charge is 2.21. The second-order valence-corrected chi connectivity index (χ2v) is 6.73. The third kappa shape index (κ3) is 3.00. The fraction of sp³-hybridized carbons (Fsp3) is 0.0714. The maximum Gasteiger partial charge on any atom is 0.262 e. The first-order chi connectivity index (χ1) is 10.4. The molecule has 0 spiro atoms. The van der Waals surface area contributed by atoms with Gasteiger partial charge in [0.2, 0.25) is 0 Å². The number of hydrogen-bond acceptors (Lipinski definition) is 4. The first-order valence-electron chi connectivity index (χ1n) is 6.29. The van der Waals surface area contributed by atoms with Gasteiger partial charge in [0.05, 0.1) is 10.6 Å². The second kappa shape index (κ2) is 5.51. The summed E-state index contributed by atoms with van der Waals surface area (Å²) in [5, 5.41) is 3.12. The zero-order valence-corrected chi connectivity index (χ0v) is 12.7. The summed E-state index contributed by atoms with van der Waals surface area (Å²) in [7, 11) is -3.76. The fourth-order valence-corrected chi connectivity index (χ4v) is 3.15. The average Bonchev–Trinajstić information content (AvgIpc) is 2.49. The molecule has 2 aromatic rings. The van der Waals surface area contributed by atoms with E-state index in [1.165, 1.54) is 18.2 Å². The zero-order chi connectivity index (χ0) is 15.7. The number of carbonyl (C=O) groups excluding carboxylic acids is 1. The Morgan fingerprint density at radius 2 is 1.86 bits per heavy atom. The minimum atomic E-state index is -3.76. The quantitative estimate of drug-likeness (QED) is 0.900. The van der Waals surface area contributed by atoms with Gasteiger partial charge < -0.3 is 10.1 Å². The zero-order valence-electron chi connectivity index (χ0n) is 11.2.